The summed E-state index contributed by atoms with van der Waals surface area (Å²) < 4.78 is 10.6. The number of carbonyl (C=O) groups is 1. The number of nitriles is 1. The zero-order valence-electron chi connectivity index (χ0n) is 9.92. The van der Waals surface area contributed by atoms with E-state index in [9.17, 15) is 4.79 Å². The summed E-state index contributed by atoms with van der Waals surface area (Å²) in [5.74, 6) is 0.992. The van der Waals surface area contributed by atoms with Crippen molar-refractivity contribution in [2.75, 3.05) is 0 Å². The minimum absolute atomic E-state index is 0.290. The maximum Gasteiger partial charge on any atom is 0.338 e. The van der Waals surface area contributed by atoms with E-state index in [1.165, 1.54) is 0 Å². The molecular formula is C15H9NO3. The average Bonchev–Trinajstić information content (AvgIpc) is 2.81. The van der Waals surface area contributed by atoms with E-state index < -0.39 is 0 Å². The molecule has 0 aromatic heterocycles. The number of fused-ring (bicyclic) bond motifs is 1. The summed E-state index contributed by atoms with van der Waals surface area (Å²) in [6.45, 7) is 0.290. The highest BCUT2D eigenvalue weighted by Crippen LogP contribution is 2.27. The molecule has 19 heavy (non-hydrogen) atoms. The van der Waals surface area contributed by atoms with Gasteiger partial charge in [-0.3, -0.25) is 0 Å². The highest BCUT2D eigenvalue weighted by Gasteiger charge is 2.21. The summed E-state index contributed by atoms with van der Waals surface area (Å²) in [6.07, 6.45) is 0. The molecule has 92 valence electrons. The largest absolute Gasteiger partial charge is 0.457 e. The number of nitrogens with zero attached hydrogens (tertiary/aromatic N) is 1. The van der Waals surface area contributed by atoms with Crippen LogP contribution in [-0.4, -0.2) is 5.97 Å². The lowest BCUT2D eigenvalue weighted by molar-refractivity contribution is 0.0535. The third-order valence-corrected chi connectivity index (χ3v) is 2.87. The molecule has 0 aliphatic carbocycles. The summed E-state index contributed by atoms with van der Waals surface area (Å²) in [4.78, 5) is 11.3. The van der Waals surface area contributed by atoms with Gasteiger partial charge in [-0.15, -0.1) is 0 Å². The number of carbonyl (C=O) groups excluding carboxylic acids is 1. The molecule has 3 rings (SSSR count). The van der Waals surface area contributed by atoms with E-state index in [1.807, 2.05) is 6.07 Å². The average molecular weight is 251 g/mol. The molecule has 0 unspecified atom stereocenters. The standard InChI is InChI=1S/C15H9NO3/c16-8-10-1-3-12(4-2-10)19-13-5-6-14-11(7-13)9-18-15(14)17/h1-7H,9H2. The van der Waals surface area contributed by atoms with Gasteiger partial charge < -0.3 is 9.47 Å². The zero-order chi connectivity index (χ0) is 13.2. The van der Waals surface area contributed by atoms with Crippen molar-refractivity contribution in [2.45, 2.75) is 6.61 Å². The fourth-order valence-corrected chi connectivity index (χ4v) is 1.91. The van der Waals surface area contributed by atoms with E-state index in [0.29, 0.717) is 29.2 Å². The van der Waals surface area contributed by atoms with Crippen molar-refractivity contribution in [3.8, 4) is 17.6 Å². The van der Waals surface area contributed by atoms with E-state index in [2.05, 4.69) is 0 Å². The summed E-state index contributed by atoms with van der Waals surface area (Å²) in [6, 6.07) is 14.1. The molecule has 0 bridgehead atoms. The van der Waals surface area contributed by atoms with Crippen molar-refractivity contribution in [3.05, 3.63) is 59.2 Å². The predicted octanol–water partition coefficient (Wildman–Crippen LogP) is 3.02. The van der Waals surface area contributed by atoms with Crippen LogP contribution in [0.1, 0.15) is 21.5 Å². The fourth-order valence-electron chi connectivity index (χ4n) is 1.91. The van der Waals surface area contributed by atoms with E-state index in [-0.39, 0.29) is 5.97 Å². The number of esters is 1. The smallest absolute Gasteiger partial charge is 0.338 e. The number of rotatable bonds is 2. The van der Waals surface area contributed by atoms with Crippen LogP contribution >= 0.6 is 0 Å². The number of hydrogen-bond acceptors (Lipinski definition) is 4. The Morgan fingerprint density at radius 1 is 1.11 bits per heavy atom. The van der Waals surface area contributed by atoms with Gasteiger partial charge in [0.2, 0.25) is 0 Å². The maximum atomic E-state index is 11.3. The van der Waals surface area contributed by atoms with E-state index in [0.717, 1.165) is 5.56 Å². The first kappa shape index (κ1) is 11.3. The minimum Gasteiger partial charge on any atom is -0.457 e. The van der Waals surface area contributed by atoms with Crippen molar-refractivity contribution in [3.63, 3.8) is 0 Å². The Balaban J connectivity index is 1.84. The first-order valence-electron chi connectivity index (χ1n) is 5.74. The van der Waals surface area contributed by atoms with Gasteiger partial charge in [0.1, 0.15) is 18.1 Å². The van der Waals surface area contributed by atoms with E-state index >= 15 is 0 Å². The number of cyclic esters (lactones) is 1. The summed E-state index contributed by atoms with van der Waals surface area (Å²) >= 11 is 0. The van der Waals surface area contributed by atoms with Gasteiger partial charge in [0.25, 0.3) is 0 Å². The lowest BCUT2D eigenvalue weighted by atomic mass is 10.1. The Labute approximate surface area is 109 Å². The molecule has 1 heterocycles. The molecule has 4 heteroatoms. The first-order valence-corrected chi connectivity index (χ1v) is 5.74. The molecule has 0 saturated carbocycles. The van der Waals surface area contributed by atoms with Crippen LogP contribution < -0.4 is 4.74 Å². The van der Waals surface area contributed by atoms with Gasteiger partial charge in [0.15, 0.2) is 0 Å². The van der Waals surface area contributed by atoms with Crippen LogP contribution in [0.4, 0.5) is 0 Å². The predicted molar refractivity (Wildman–Crippen MR) is 66.8 cm³/mol. The lowest BCUT2D eigenvalue weighted by Gasteiger charge is -2.06. The third-order valence-electron chi connectivity index (χ3n) is 2.87. The third kappa shape index (κ3) is 2.14. The molecule has 1 aliphatic heterocycles. The monoisotopic (exact) mass is 251 g/mol. The normalized spacial score (nSPS) is 12.5. The molecule has 2 aromatic rings. The summed E-state index contributed by atoms with van der Waals surface area (Å²) in [7, 11) is 0. The second kappa shape index (κ2) is 4.46. The van der Waals surface area contributed by atoms with Gasteiger partial charge in [-0.05, 0) is 42.5 Å². The Bertz CT molecular complexity index is 684. The molecule has 0 saturated heterocycles. The van der Waals surface area contributed by atoms with Gasteiger partial charge in [-0.1, -0.05) is 0 Å². The Kier molecular flexibility index (Phi) is 2.66. The lowest BCUT2D eigenvalue weighted by Crippen LogP contribution is -1.93. The molecule has 0 amide bonds. The van der Waals surface area contributed by atoms with Crippen molar-refractivity contribution < 1.29 is 14.3 Å². The van der Waals surface area contributed by atoms with E-state index in [4.69, 9.17) is 14.7 Å². The molecule has 1 aliphatic rings. The van der Waals surface area contributed by atoms with E-state index in [1.54, 1.807) is 42.5 Å². The molecule has 4 nitrogen and oxygen atoms in total. The second-order valence-corrected chi connectivity index (χ2v) is 4.13. The van der Waals surface area contributed by atoms with Crippen LogP contribution in [-0.2, 0) is 11.3 Å². The minimum atomic E-state index is -0.292. The van der Waals surface area contributed by atoms with Crippen LogP contribution in [0, 0.1) is 11.3 Å². The highest BCUT2D eigenvalue weighted by atomic mass is 16.5. The van der Waals surface area contributed by atoms with Crippen LogP contribution in [0.5, 0.6) is 11.5 Å². The molecule has 0 atom stereocenters. The second-order valence-electron chi connectivity index (χ2n) is 4.13. The van der Waals surface area contributed by atoms with Gasteiger partial charge in [0, 0.05) is 5.56 Å². The quantitative estimate of drug-likeness (QED) is 0.770. The number of ether oxygens (including phenoxy) is 2. The molecule has 0 fully saturated rings. The van der Waals surface area contributed by atoms with Crippen LogP contribution in [0.15, 0.2) is 42.5 Å². The molecular weight excluding hydrogens is 242 g/mol. The first-order chi connectivity index (χ1) is 9.26. The summed E-state index contributed by atoms with van der Waals surface area (Å²) in [5, 5.41) is 8.71. The molecule has 2 aromatic carbocycles. The van der Waals surface area contributed by atoms with Crippen LogP contribution in [0.25, 0.3) is 0 Å². The zero-order valence-corrected chi connectivity index (χ0v) is 9.92. The molecule has 0 N–H and O–H groups in total. The Morgan fingerprint density at radius 3 is 2.58 bits per heavy atom. The molecule has 0 spiro atoms. The fraction of sp³-hybridized carbons (Fsp3) is 0.0667. The van der Waals surface area contributed by atoms with Crippen molar-refractivity contribution >= 4 is 5.97 Å². The van der Waals surface area contributed by atoms with Gasteiger partial charge in [-0.2, -0.15) is 5.26 Å². The van der Waals surface area contributed by atoms with Crippen molar-refractivity contribution in [1.82, 2.24) is 0 Å². The topological polar surface area (TPSA) is 59.3 Å². The SMILES string of the molecule is N#Cc1ccc(Oc2ccc3c(c2)COC3=O)cc1. The Morgan fingerprint density at radius 2 is 1.84 bits per heavy atom. The maximum absolute atomic E-state index is 11.3. The van der Waals surface area contributed by atoms with Crippen molar-refractivity contribution in [2.24, 2.45) is 0 Å². The molecule has 0 radical (unpaired) electrons. The van der Waals surface area contributed by atoms with Crippen LogP contribution in [0.3, 0.4) is 0 Å². The van der Waals surface area contributed by atoms with Crippen LogP contribution in [0.2, 0.25) is 0 Å². The van der Waals surface area contributed by atoms with Crippen molar-refractivity contribution in [1.29, 1.82) is 5.26 Å². The Hall–Kier alpha value is -2.80. The number of hydrogen-bond donors (Lipinski definition) is 0. The highest BCUT2D eigenvalue weighted by molar-refractivity contribution is 5.93. The van der Waals surface area contributed by atoms with Gasteiger partial charge >= 0.3 is 5.97 Å². The van der Waals surface area contributed by atoms with Gasteiger partial charge in [0.05, 0.1) is 17.2 Å². The summed E-state index contributed by atoms with van der Waals surface area (Å²) in [5.41, 5.74) is 2.00. The van der Waals surface area contributed by atoms with Gasteiger partial charge in [-0.25, -0.2) is 4.79 Å². The number of benzene rings is 2.